The van der Waals surface area contributed by atoms with E-state index in [1.54, 1.807) is 12.3 Å². The lowest BCUT2D eigenvalue weighted by Crippen LogP contribution is -2.27. The normalized spacial score (nSPS) is 15.9. The Labute approximate surface area is 114 Å². The van der Waals surface area contributed by atoms with Crippen LogP contribution in [0.15, 0.2) is 12.3 Å². The molecule has 0 aromatic carbocycles. The van der Waals surface area contributed by atoms with Gasteiger partial charge in [0.2, 0.25) is 16.0 Å². The Morgan fingerprint density at radius 3 is 2.79 bits per heavy atom. The molecule has 1 saturated heterocycles. The molecule has 1 fully saturated rings. The van der Waals surface area contributed by atoms with Crippen LogP contribution in [0.1, 0.15) is 31.9 Å². The van der Waals surface area contributed by atoms with Crippen LogP contribution in [0.25, 0.3) is 0 Å². The zero-order valence-corrected chi connectivity index (χ0v) is 12.0. The smallest absolute Gasteiger partial charge is 0.225 e. The third-order valence-electron chi connectivity index (χ3n) is 3.04. The van der Waals surface area contributed by atoms with Crippen molar-refractivity contribution in [1.29, 1.82) is 0 Å². The summed E-state index contributed by atoms with van der Waals surface area (Å²) < 4.78 is 25.7. The maximum Gasteiger partial charge on any atom is 0.225 e. The molecule has 0 bridgehead atoms. The Balaban J connectivity index is 1.99. The highest BCUT2D eigenvalue weighted by Gasteiger charge is 2.15. The fourth-order valence-electron chi connectivity index (χ4n) is 2.08. The highest BCUT2D eigenvalue weighted by atomic mass is 32.2. The molecule has 1 aromatic rings. The van der Waals surface area contributed by atoms with Crippen molar-refractivity contribution in [2.45, 2.75) is 32.7 Å². The van der Waals surface area contributed by atoms with Crippen LogP contribution < -0.4 is 9.62 Å². The van der Waals surface area contributed by atoms with Gasteiger partial charge in [0, 0.05) is 19.3 Å². The van der Waals surface area contributed by atoms with Gasteiger partial charge in [-0.25, -0.2) is 23.1 Å². The lowest BCUT2D eigenvalue weighted by atomic mass is 10.4. The zero-order valence-electron chi connectivity index (χ0n) is 11.2. The predicted molar refractivity (Wildman–Crippen MR) is 74.4 cm³/mol. The minimum Gasteiger partial charge on any atom is -0.341 e. The molecule has 106 valence electrons. The van der Waals surface area contributed by atoms with Crippen LogP contribution >= 0.6 is 0 Å². The van der Waals surface area contributed by atoms with Crippen LogP contribution in [0.4, 0.5) is 5.95 Å². The highest BCUT2D eigenvalue weighted by Crippen LogP contribution is 2.15. The summed E-state index contributed by atoms with van der Waals surface area (Å²) in [6.07, 6.45) is 4.62. The van der Waals surface area contributed by atoms with Crippen LogP contribution in [0.5, 0.6) is 0 Å². The van der Waals surface area contributed by atoms with Crippen LogP contribution in [0, 0.1) is 0 Å². The number of nitrogens with one attached hydrogen (secondary N) is 1. The Morgan fingerprint density at radius 1 is 1.37 bits per heavy atom. The van der Waals surface area contributed by atoms with Crippen molar-refractivity contribution in [3.8, 4) is 0 Å². The molecule has 0 unspecified atom stereocenters. The molecule has 0 aliphatic carbocycles. The van der Waals surface area contributed by atoms with Gasteiger partial charge in [-0.1, -0.05) is 6.92 Å². The number of anilines is 1. The van der Waals surface area contributed by atoms with Crippen LogP contribution in [-0.2, 0) is 16.6 Å². The second-order valence-corrected chi connectivity index (χ2v) is 6.61. The van der Waals surface area contributed by atoms with Crippen molar-refractivity contribution in [3.05, 3.63) is 18.0 Å². The fraction of sp³-hybridized carbons (Fsp3) is 0.667. The highest BCUT2D eigenvalue weighted by molar-refractivity contribution is 7.89. The number of nitrogens with zero attached hydrogens (tertiary/aromatic N) is 3. The Morgan fingerprint density at radius 2 is 2.11 bits per heavy atom. The Hall–Kier alpha value is -1.21. The number of aromatic nitrogens is 2. The van der Waals surface area contributed by atoms with E-state index in [4.69, 9.17) is 0 Å². The van der Waals surface area contributed by atoms with Crippen molar-refractivity contribution >= 4 is 16.0 Å². The van der Waals surface area contributed by atoms with E-state index in [9.17, 15) is 8.42 Å². The van der Waals surface area contributed by atoms with Gasteiger partial charge in [0.05, 0.1) is 18.0 Å². The van der Waals surface area contributed by atoms with Crippen LogP contribution in [0.2, 0.25) is 0 Å². The molecular formula is C12H20N4O2S. The van der Waals surface area contributed by atoms with Crippen molar-refractivity contribution in [1.82, 2.24) is 14.7 Å². The Kier molecular flexibility index (Phi) is 4.71. The average Bonchev–Trinajstić information content (AvgIpc) is 2.91. The molecule has 0 amide bonds. The summed E-state index contributed by atoms with van der Waals surface area (Å²) in [7, 11) is -3.19. The lowest BCUT2D eigenvalue weighted by Gasteiger charge is -2.15. The van der Waals surface area contributed by atoms with Gasteiger partial charge >= 0.3 is 0 Å². The largest absolute Gasteiger partial charge is 0.341 e. The summed E-state index contributed by atoms with van der Waals surface area (Å²) in [5.74, 6) is 0.849. The first-order chi connectivity index (χ1) is 9.11. The molecule has 0 radical (unpaired) electrons. The molecule has 0 saturated carbocycles. The van der Waals surface area contributed by atoms with Crippen LogP contribution in [0.3, 0.4) is 0 Å². The van der Waals surface area contributed by atoms with E-state index in [-0.39, 0.29) is 12.3 Å². The third-order valence-corrected chi connectivity index (χ3v) is 4.57. The molecular weight excluding hydrogens is 264 g/mol. The topological polar surface area (TPSA) is 75.2 Å². The second-order valence-electron chi connectivity index (χ2n) is 4.68. The molecule has 1 aromatic heterocycles. The van der Waals surface area contributed by atoms with E-state index in [0.717, 1.165) is 25.9 Å². The van der Waals surface area contributed by atoms with Gasteiger partial charge < -0.3 is 4.90 Å². The maximum atomic E-state index is 11.6. The molecule has 0 atom stereocenters. The number of sulfonamides is 1. The minimum atomic E-state index is -3.19. The maximum absolute atomic E-state index is 11.6. The van der Waals surface area contributed by atoms with E-state index in [0.29, 0.717) is 18.1 Å². The first-order valence-corrected chi connectivity index (χ1v) is 8.30. The fourth-order valence-corrected chi connectivity index (χ4v) is 3.13. The van der Waals surface area contributed by atoms with Crippen molar-refractivity contribution in [3.63, 3.8) is 0 Å². The predicted octanol–water partition coefficient (Wildman–Crippen LogP) is 0.906. The van der Waals surface area contributed by atoms with Crippen molar-refractivity contribution < 1.29 is 8.42 Å². The third kappa shape index (κ3) is 4.14. The van der Waals surface area contributed by atoms with E-state index < -0.39 is 10.0 Å². The van der Waals surface area contributed by atoms with E-state index in [1.165, 1.54) is 0 Å². The summed E-state index contributed by atoms with van der Waals surface area (Å²) in [5, 5.41) is 0. The summed E-state index contributed by atoms with van der Waals surface area (Å²) in [6, 6.07) is 1.74. The molecule has 2 heterocycles. The van der Waals surface area contributed by atoms with Gasteiger partial charge in [-0.05, 0) is 25.3 Å². The lowest BCUT2D eigenvalue weighted by molar-refractivity contribution is 0.579. The molecule has 1 aliphatic rings. The second kappa shape index (κ2) is 6.29. The summed E-state index contributed by atoms with van der Waals surface area (Å²) >= 11 is 0. The number of hydrogen-bond acceptors (Lipinski definition) is 5. The van der Waals surface area contributed by atoms with Gasteiger partial charge in [0.1, 0.15) is 0 Å². The standard InChI is InChI=1S/C12H20N4O2S/c1-2-9-19(17,18)14-10-11-5-6-13-12(15-11)16-7-3-4-8-16/h5-6,14H,2-4,7-10H2,1H3. The minimum absolute atomic E-state index is 0.150. The monoisotopic (exact) mass is 284 g/mol. The quantitative estimate of drug-likeness (QED) is 0.840. The zero-order chi connectivity index (χ0) is 13.7. The van der Waals surface area contributed by atoms with E-state index in [1.807, 2.05) is 6.92 Å². The first-order valence-electron chi connectivity index (χ1n) is 6.65. The summed E-state index contributed by atoms with van der Waals surface area (Å²) in [6.45, 7) is 4.02. The van der Waals surface area contributed by atoms with Crippen LogP contribution in [-0.4, -0.2) is 37.2 Å². The molecule has 19 heavy (non-hydrogen) atoms. The first kappa shape index (κ1) is 14.2. The van der Waals surface area contributed by atoms with Crippen molar-refractivity contribution in [2.24, 2.45) is 0 Å². The molecule has 0 spiro atoms. The van der Waals surface area contributed by atoms with Gasteiger partial charge in [-0.2, -0.15) is 0 Å². The molecule has 7 heteroatoms. The number of rotatable bonds is 6. The summed E-state index contributed by atoms with van der Waals surface area (Å²) in [5.41, 5.74) is 0.705. The number of hydrogen-bond donors (Lipinski definition) is 1. The SMILES string of the molecule is CCCS(=O)(=O)NCc1ccnc(N2CCCC2)n1. The molecule has 1 aliphatic heterocycles. The summed E-state index contributed by atoms with van der Waals surface area (Å²) in [4.78, 5) is 10.8. The van der Waals surface area contributed by atoms with Gasteiger partial charge in [0.25, 0.3) is 0 Å². The Bertz CT molecular complexity index is 512. The van der Waals surface area contributed by atoms with Gasteiger partial charge in [-0.3, -0.25) is 0 Å². The van der Waals surface area contributed by atoms with Gasteiger partial charge in [-0.15, -0.1) is 0 Å². The van der Waals surface area contributed by atoms with E-state index in [2.05, 4.69) is 19.6 Å². The molecule has 1 N–H and O–H groups in total. The average molecular weight is 284 g/mol. The van der Waals surface area contributed by atoms with Gasteiger partial charge in [0.15, 0.2) is 0 Å². The van der Waals surface area contributed by atoms with E-state index >= 15 is 0 Å². The molecule has 2 rings (SSSR count). The van der Waals surface area contributed by atoms with Crippen molar-refractivity contribution in [2.75, 3.05) is 23.7 Å². The molecule has 6 nitrogen and oxygen atoms in total.